The van der Waals surface area contributed by atoms with E-state index in [1.54, 1.807) is 27.9 Å². The van der Waals surface area contributed by atoms with Gasteiger partial charge in [0.25, 0.3) is 0 Å². The molecule has 1 saturated heterocycles. The summed E-state index contributed by atoms with van der Waals surface area (Å²) in [5.74, 6) is 0.570. The fraction of sp³-hybridized carbons (Fsp3) is 0.733. The number of carbonyl (C=O) groups excluding carboxylic acids is 1. The molecule has 1 aliphatic heterocycles. The molecule has 0 spiro atoms. The van der Waals surface area contributed by atoms with Gasteiger partial charge in [-0.25, -0.2) is 13.2 Å². The van der Waals surface area contributed by atoms with Gasteiger partial charge >= 0.3 is 6.03 Å². The van der Waals surface area contributed by atoms with Crippen molar-refractivity contribution in [1.82, 2.24) is 19.7 Å². The van der Waals surface area contributed by atoms with E-state index in [4.69, 9.17) is 4.52 Å². The summed E-state index contributed by atoms with van der Waals surface area (Å²) in [7, 11) is -0.380. The summed E-state index contributed by atoms with van der Waals surface area (Å²) in [4.78, 5) is 13.6. The van der Waals surface area contributed by atoms with Crippen LogP contribution < -0.4 is 5.32 Å². The van der Waals surface area contributed by atoms with Crippen molar-refractivity contribution in [1.29, 1.82) is 0 Å². The van der Waals surface area contributed by atoms with Crippen LogP contribution in [-0.4, -0.2) is 62.0 Å². The second kappa shape index (κ2) is 6.72. The van der Waals surface area contributed by atoms with Gasteiger partial charge in [-0.3, -0.25) is 0 Å². The zero-order valence-corrected chi connectivity index (χ0v) is 15.8. The lowest BCUT2D eigenvalue weighted by Gasteiger charge is -2.24. The van der Waals surface area contributed by atoms with Crippen LogP contribution in [0.3, 0.4) is 0 Å². The fourth-order valence-corrected chi connectivity index (χ4v) is 4.87. The number of nitrogens with zero attached hydrogens (tertiary/aromatic N) is 3. The number of nitrogens with one attached hydrogen (secondary N) is 1. The summed E-state index contributed by atoms with van der Waals surface area (Å²) < 4.78 is 32.4. The van der Waals surface area contributed by atoms with Crippen LogP contribution in [0.15, 0.2) is 9.42 Å². The predicted octanol–water partition coefficient (Wildman–Crippen LogP) is 1.21. The lowest BCUT2D eigenvalue weighted by Crippen LogP contribution is -2.46. The van der Waals surface area contributed by atoms with E-state index in [0.29, 0.717) is 12.2 Å². The maximum absolute atomic E-state index is 13.0. The lowest BCUT2D eigenvalue weighted by atomic mass is 9.91. The number of hydrogen-bond acceptors (Lipinski definition) is 5. The minimum atomic E-state index is -3.70. The number of amides is 2. The molecule has 0 unspecified atom stereocenters. The Kier molecular flexibility index (Phi) is 5.24. The van der Waals surface area contributed by atoms with Gasteiger partial charge in [-0.1, -0.05) is 19.0 Å². The van der Waals surface area contributed by atoms with Crippen molar-refractivity contribution in [3.63, 3.8) is 0 Å². The Balaban J connectivity index is 2.28. The molecule has 2 amide bonds. The highest BCUT2D eigenvalue weighted by molar-refractivity contribution is 7.89. The van der Waals surface area contributed by atoms with Gasteiger partial charge in [0.2, 0.25) is 10.0 Å². The molecule has 2 rings (SSSR count). The molecule has 8 nitrogen and oxygen atoms in total. The number of carbonyl (C=O) groups is 1. The third kappa shape index (κ3) is 3.41. The third-order valence-corrected chi connectivity index (χ3v) is 6.55. The van der Waals surface area contributed by atoms with Gasteiger partial charge in [0.1, 0.15) is 10.6 Å². The average molecular weight is 358 g/mol. The van der Waals surface area contributed by atoms with Crippen LogP contribution in [0.5, 0.6) is 0 Å². The summed E-state index contributed by atoms with van der Waals surface area (Å²) in [5.41, 5.74) is 0.356. The van der Waals surface area contributed by atoms with Crippen molar-refractivity contribution in [2.24, 2.45) is 11.8 Å². The van der Waals surface area contributed by atoms with Crippen LogP contribution in [0.25, 0.3) is 0 Å². The van der Waals surface area contributed by atoms with Crippen molar-refractivity contribution in [2.75, 3.05) is 27.2 Å². The molecule has 0 aliphatic carbocycles. The van der Waals surface area contributed by atoms with E-state index in [0.717, 1.165) is 0 Å². The highest BCUT2D eigenvalue weighted by Gasteiger charge is 2.43. The molecule has 2 atom stereocenters. The van der Waals surface area contributed by atoms with E-state index < -0.39 is 10.0 Å². The first kappa shape index (κ1) is 18.7. The summed E-state index contributed by atoms with van der Waals surface area (Å²) in [6.07, 6.45) is 0. The van der Waals surface area contributed by atoms with Gasteiger partial charge < -0.3 is 14.7 Å². The van der Waals surface area contributed by atoms with E-state index >= 15 is 0 Å². The fourth-order valence-electron chi connectivity index (χ4n) is 3.08. The van der Waals surface area contributed by atoms with Gasteiger partial charge in [0.05, 0.1) is 0 Å². The van der Waals surface area contributed by atoms with E-state index in [9.17, 15) is 13.2 Å². The Labute approximate surface area is 143 Å². The zero-order chi connectivity index (χ0) is 18.2. The van der Waals surface area contributed by atoms with Crippen LogP contribution in [0.4, 0.5) is 4.79 Å². The summed E-state index contributed by atoms with van der Waals surface area (Å²) >= 11 is 0. The number of rotatable bonds is 4. The van der Waals surface area contributed by atoms with Crippen molar-refractivity contribution in [3.05, 3.63) is 11.5 Å². The van der Waals surface area contributed by atoms with Gasteiger partial charge in [0, 0.05) is 33.2 Å². The van der Waals surface area contributed by atoms with Crippen LogP contribution in [0, 0.1) is 25.7 Å². The number of sulfonamides is 1. The topological polar surface area (TPSA) is 95.7 Å². The standard InChI is InChI=1S/C15H26N4O4S/c1-9(2)12-7-19(8-13(12)16-15(20)18(5)6)24(21,22)14-10(3)17-23-11(14)4/h9,12-13H,7-8H2,1-6H3,(H,16,20)/t12-,13+/m0/s1. The Morgan fingerprint density at radius 2 is 1.96 bits per heavy atom. The minimum Gasteiger partial charge on any atom is -0.360 e. The molecule has 0 saturated carbocycles. The molecular formula is C15H26N4O4S. The third-order valence-electron chi connectivity index (χ3n) is 4.47. The Morgan fingerprint density at radius 1 is 1.33 bits per heavy atom. The van der Waals surface area contributed by atoms with Crippen LogP contribution in [0.1, 0.15) is 25.3 Å². The van der Waals surface area contributed by atoms with Crippen LogP contribution >= 0.6 is 0 Å². The van der Waals surface area contributed by atoms with Crippen molar-refractivity contribution in [2.45, 2.75) is 38.6 Å². The molecular weight excluding hydrogens is 332 g/mol. The quantitative estimate of drug-likeness (QED) is 0.873. The molecule has 1 aliphatic rings. The number of urea groups is 1. The maximum atomic E-state index is 13.0. The SMILES string of the molecule is Cc1noc(C)c1S(=O)(=O)N1C[C@@H](NC(=O)N(C)C)[C@H](C(C)C)C1. The maximum Gasteiger partial charge on any atom is 0.317 e. The monoisotopic (exact) mass is 358 g/mol. The Bertz CT molecular complexity index is 692. The second-order valence-corrected chi connectivity index (χ2v) is 8.71. The van der Waals surface area contributed by atoms with E-state index in [2.05, 4.69) is 10.5 Å². The highest BCUT2D eigenvalue weighted by Crippen LogP contribution is 2.31. The van der Waals surface area contributed by atoms with Gasteiger partial charge in [-0.2, -0.15) is 4.31 Å². The summed E-state index contributed by atoms with van der Waals surface area (Å²) in [6.45, 7) is 7.88. The largest absolute Gasteiger partial charge is 0.360 e. The Morgan fingerprint density at radius 3 is 2.42 bits per heavy atom. The molecule has 136 valence electrons. The normalized spacial score (nSPS) is 22.1. The molecule has 1 fully saturated rings. The molecule has 0 radical (unpaired) electrons. The average Bonchev–Trinajstić information content (AvgIpc) is 3.03. The highest BCUT2D eigenvalue weighted by atomic mass is 32.2. The summed E-state index contributed by atoms with van der Waals surface area (Å²) in [6, 6.07) is -0.447. The van der Waals surface area contributed by atoms with E-state index in [1.165, 1.54) is 9.21 Å². The molecule has 1 aromatic heterocycles. The molecule has 2 heterocycles. The van der Waals surface area contributed by atoms with Crippen molar-refractivity contribution in [3.8, 4) is 0 Å². The van der Waals surface area contributed by atoms with Crippen molar-refractivity contribution < 1.29 is 17.7 Å². The molecule has 1 aromatic rings. The molecule has 0 bridgehead atoms. The van der Waals surface area contributed by atoms with Gasteiger partial charge in [-0.15, -0.1) is 0 Å². The van der Waals surface area contributed by atoms with E-state index in [-0.39, 0.29) is 41.1 Å². The predicted molar refractivity (Wildman–Crippen MR) is 89.1 cm³/mol. The number of hydrogen-bond donors (Lipinski definition) is 1. The lowest BCUT2D eigenvalue weighted by molar-refractivity contribution is 0.207. The van der Waals surface area contributed by atoms with Crippen LogP contribution in [0.2, 0.25) is 0 Å². The van der Waals surface area contributed by atoms with Gasteiger partial charge in [-0.05, 0) is 25.7 Å². The molecule has 1 N–H and O–H groups in total. The first-order chi connectivity index (χ1) is 11.1. The molecule has 24 heavy (non-hydrogen) atoms. The van der Waals surface area contributed by atoms with Crippen LogP contribution in [-0.2, 0) is 10.0 Å². The first-order valence-corrected chi connectivity index (χ1v) is 9.40. The van der Waals surface area contributed by atoms with Gasteiger partial charge in [0.15, 0.2) is 5.76 Å². The Hall–Kier alpha value is -1.61. The number of aryl methyl sites for hydroxylation is 2. The molecule has 0 aromatic carbocycles. The first-order valence-electron chi connectivity index (χ1n) is 7.96. The second-order valence-electron chi connectivity index (χ2n) is 6.83. The smallest absolute Gasteiger partial charge is 0.317 e. The zero-order valence-electron chi connectivity index (χ0n) is 15.0. The van der Waals surface area contributed by atoms with Crippen molar-refractivity contribution >= 4 is 16.1 Å². The van der Waals surface area contributed by atoms with E-state index in [1.807, 2.05) is 13.8 Å². The molecule has 9 heteroatoms. The minimum absolute atomic E-state index is 0.0455. The number of aromatic nitrogens is 1. The summed E-state index contributed by atoms with van der Waals surface area (Å²) in [5, 5.41) is 6.67.